The molecule has 0 amide bonds. The van der Waals surface area contributed by atoms with Crippen molar-refractivity contribution in [3.63, 3.8) is 0 Å². The van der Waals surface area contributed by atoms with Gasteiger partial charge >= 0.3 is 0 Å². The van der Waals surface area contributed by atoms with Crippen LogP contribution < -0.4 is 0 Å². The first kappa shape index (κ1) is 12.9. The highest BCUT2D eigenvalue weighted by Gasteiger charge is 2.29. The second-order valence-electron chi connectivity index (χ2n) is 4.04. The molecule has 1 heterocycles. The third-order valence-electron chi connectivity index (χ3n) is 2.30. The molecule has 2 atom stereocenters. The van der Waals surface area contributed by atoms with E-state index in [9.17, 15) is 4.79 Å². The Morgan fingerprint density at radius 1 is 1.60 bits per heavy atom. The van der Waals surface area contributed by atoms with Gasteiger partial charge in [0.15, 0.2) is 7.49 Å². The number of hydrogen-bond acceptors (Lipinski definition) is 4. The van der Waals surface area contributed by atoms with Gasteiger partial charge in [-0.15, -0.1) is 0 Å². The molecule has 5 heteroatoms. The Morgan fingerprint density at radius 3 is 2.73 bits per heavy atom. The highest BCUT2D eigenvalue weighted by atomic mass is 31.2. The standard InChI is InChI=1S/C10H20NO3P/c1-9(12)6-8-15(11(3)4)13-7-5-10(2)14-15/h8,10H,5-7H2,1-4H3. The highest BCUT2D eigenvalue weighted by Crippen LogP contribution is 2.55. The van der Waals surface area contributed by atoms with Crippen LogP contribution in [-0.4, -0.2) is 43.1 Å². The van der Waals surface area contributed by atoms with Crippen molar-refractivity contribution in [2.75, 3.05) is 20.7 Å². The number of carbonyl (C=O) groups is 1. The van der Waals surface area contributed by atoms with Crippen LogP contribution in [0.1, 0.15) is 26.7 Å². The second kappa shape index (κ2) is 5.26. The summed E-state index contributed by atoms with van der Waals surface area (Å²) in [5.74, 6) is 2.05. The van der Waals surface area contributed by atoms with E-state index in [1.54, 1.807) is 6.92 Å². The zero-order chi connectivity index (χ0) is 11.5. The lowest BCUT2D eigenvalue weighted by atomic mass is 10.3. The van der Waals surface area contributed by atoms with E-state index in [0.29, 0.717) is 13.0 Å². The summed E-state index contributed by atoms with van der Waals surface area (Å²) in [4.78, 5) is 11.0. The van der Waals surface area contributed by atoms with Crippen LogP contribution in [0.5, 0.6) is 0 Å². The van der Waals surface area contributed by atoms with E-state index in [4.69, 9.17) is 9.05 Å². The third kappa shape index (κ3) is 3.42. The predicted octanol–water partition coefficient (Wildman–Crippen LogP) is 1.92. The fraction of sp³-hybridized carbons (Fsp3) is 0.800. The SMILES string of the molecule is CC(=O)CC=P1(N(C)C)OCCC(C)O1. The molecule has 0 aliphatic carbocycles. The zero-order valence-corrected chi connectivity index (χ0v) is 10.8. The first-order valence-corrected chi connectivity index (χ1v) is 6.84. The molecule has 1 rings (SSSR count). The van der Waals surface area contributed by atoms with Crippen LogP contribution in [0.2, 0.25) is 0 Å². The molecular weight excluding hydrogens is 213 g/mol. The molecule has 1 fully saturated rings. The summed E-state index contributed by atoms with van der Waals surface area (Å²) in [6.07, 6.45) is 1.54. The van der Waals surface area contributed by atoms with E-state index in [1.807, 2.05) is 31.5 Å². The molecule has 0 saturated carbocycles. The minimum absolute atomic E-state index is 0.140. The second-order valence-corrected chi connectivity index (χ2v) is 6.80. The van der Waals surface area contributed by atoms with Crippen molar-refractivity contribution in [3.8, 4) is 0 Å². The van der Waals surface area contributed by atoms with Crippen molar-refractivity contribution >= 4 is 19.1 Å². The molecule has 88 valence electrons. The van der Waals surface area contributed by atoms with Gasteiger partial charge in [-0.3, -0.25) is 4.79 Å². The summed E-state index contributed by atoms with van der Waals surface area (Å²) < 4.78 is 13.6. The monoisotopic (exact) mass is 233 g/mol. The van der Waals surface area contributed by atoms with Crippen molar-refractivity contribution in [1.29, 1.82) is 0 Å². The van der Waals surface area contributed by atoms with Crippen LogP contribution in [0, 0.1) is 0 Å². The topological polar surface area (TPSA) is 38.8 Å². The van der Waals surface area contributed by atoms with Gasteiger partial charge in [0.1, 0.15) is 5.78 Å². The molecule has 15 heavy (non-hydrogen) atoms. The molecule has 4 nitrogen and oxygen atoms in total. The molecule has 1 aliphatic heterocycles. The molecule has 0 spiro atoms. The molecule has 1 aliphatic rings. The summed E-state index contributed by atoms with van der Waals surface area (Å²) in [5, 5.41) is 0. The van der Waals surface area contributed by atoms with Gasteiger partial charge in [0.25, 0.3) is 0 Å². The Morgan fingerprint density at radius 2 is 2.27 bits per heavy atom. The highest BCUT2D eigenvalue weighted by molar-refractivity contribution is 7.63. The summed E-state index contributed by atoms with van der Waals surface area (Å²) in [6, 6.07) is 0. The first-order valence-electron chi connectivity index (χ1n) is 5.19. The van der Waals surface area contributed by atoms with Crippen LogP contribution in [0.25, 0.3) is 0 Å². The van der Waals surface area contributed by atoms with E-state index < -0.39 is 7.49 Å². The van der Waals surface area contributed by atoms with Gasteiger partial charge in [-0.25, -0.2) is 4.67 Å². The van der Waals surface area contributed by atoms with Gasteiger partial charge in [0, 0.05) is 6.42 Å². The van der Waals surface area contributed by atoms with Crippen molar-refractivity contribution in [1.82, 2.24) is 4.67 Å². The number of Topliss-reactive ketones (excluding diaryl/α,β-unsaturated/α-hetero) is 1. The van der Waals surface area contributed by atoms with Crippen LogP contribution in [0.3, 0.4) is 0 Å². The van der Waals surface area contributed by atoms with Crippen LogP contribution >= 0.6 is 7.49 Å². The Labute approximate surface area is 91.7 Å². The summed E-state index contributed by atoms with van der Waals surface area (Å²) in [5.41, 5.74) is 0. The third-order valence-corrected chi connectivity index (χ3v) is 5.27. The summed E-state index contributed by atoms with van der Waals surface area (Å²) in [7, 11) is 1.78. The van der Waals surface area contributed by atoms with Crippen molar-refractivity contribution in [2.24, 2.45) is 0 Å². The molecule has 0 N–H and O–H groups in total. The van der Waals surface area contributed by atoms with Gasteiger partial charge in [-0.2, -0.15) is 0 Å². The smallest absolute Gasteiger partial charge is 0.192 e. The number of carbonyl (C=O) groups excluding carboxylic acids is 1. The quantitative estimate of drug-likeness (QED) is 0.698. The lowest BCUT2D eigenvalue weighted by Crippen LogP contribution is -2.25. The summed E-state index contributed by atoms with van der Waals surface area (Å²) in [6.45, 7) is 4.33. The predicted molar refractivity (Wildman–Crippen MR) is 63.1 cm³/mol. The van der Waals surface area contributed by atoms with Gasteiger partial charge in [0.05, 0.1) is 12.7 Å². The van der Waals surface area contributed by atoms with E-state index in [-0.39, 0.29) is 11.9 Å². The Hall–Kier alpha value is -0.150. The molecule has 0 aromatic carbocycles. The number of rotatable bonds is 3. The van der Waals surface area contributed by atoms with Gasteiger partial charge < -0.3 is 9.05 Å². The Kier molecular flexibility index (Phi) is 4.53. The molecule has 0 aromatic heterocycles. The van der Waals surface area contributed by atoms with Crippen molar-refractivity contribution in [3.05, 3.63) is 0 Å². The summed E-state index contributed by atoms with van der Waals surface area (Å²) >= 11 is 0. The zero-order valence-electron chi connectivity index (χ0n) is 9.90. The van der Waals surface area contributed by atoms with Crippen molar-refractivity contribution < 1.29 is 13.8 Å². The fourth-order valence-electron chi connectivity index (χ4n) is 1.40. The molecule has 0 radical (unpaired) electrons. The van der Waals surface area contributed by atoms with E-state index in [0.717, 1.165) is 6.42 Å². The average Bonchev–Trinajstić information content (AvgIpc) is 2.14. The molecule has 1 saturated heterocycles. The Balaban J connectivity index is 2.86. The number of nitrogens with zero attached hydrogens (tertiary/aromatic N) is 1. The lowest BCUT2D eigenvalue weighted by molar-refractivity contribution is -0.115. The average molecular weight is 233 g/mol. The largest absolute Gasteiger partial charge is 0.326 e. The number of ketones is 1. The molecular formula is C10H20NO3P. The lowest BCUT2D eigenvalue weighted by Gasteiger charge is -2.38. The Bertz CT molecular complexity index is 288. The van der Waals surface area contributed by atoms with E-state index >= 15 is 0 Å². The van der Waals surface area contributed by atoms with Crippen molar-refractivity contribution in [2.45, 2.75) is 32.8 Å². The number of hydrogen-bond donors (Lipinski definition) is 0. The first-order chi connectivity index (χ1) is 6.96. The van der Waals surface area contributed by atoms with Crippen LogP contribution in [0.4, 0.5) is 0 Å². The molecule has 2 unspecified atom stereocenters. The van der Waals surface area contributed by atoms with Crippen LogP contribution in [-0.2, 0) is 13.8 Å². The van der Waals surface area contributed by atoms with Gasteiger partial charge in [0.2, 0.25) is 0 Å². The minimum atomic E-state index is -2.08. The van der Waals surface area contributed by atoms with E-state index in [1.165, 1.54) is 0 Å². The van der Waals surface area contributed by atoms with Gasteiger partial charge in [-0.05, 0) is 40.2 Å². The molecule has 0 bridgehead atoms. The fourth-order valence-corrected chi connectivity index (χ4v) is 3.88. The molecule has 0 aromatic rings. The minimum Gasteiger partial charge on any atom is -0.326 e. The maximum atomic E-state index is 11.0. The normalized spacial score (nSPS) is 31.7. The maximum Gasteiger partial charge on any atom is 0.192 e. The van der Waals surface area contributed by atoms with Crippen LogP contribution in [0.15, 0.2) is 0 Å². The van der Waals surface area contributed by atoms with E-state index in [2.05, 4.69) is 0 Å². The van der Waals surface area contributed by atoms with Gasteiger partial charge in [-0.1, -0.05) is 0 Å². The maximum absolute atomic E-state index is 11.0.